The van der Waals surface area contributed by atoms with E-state index in [1.165, 1.54) is 0 Å². The largest absolute Gasteiger partial charge is 0.326 e. The van der Waals surface area contributed by atoms with Crippen molar-refractivity contribution in [1.82, 2.24) is 19.3 Å². The van der Waals surface area contributed by atoms with Crippen LogP contribution in [0.1, 0.15) is 18.9 Å². The van der Waals surface area contributed by atoms with Crippen molar-refractivity contribution in [1.29, 1.82) is 0 Å². The van der Waals surface area contributed by atoms with Crippen LogP contribution in [0, 0.1) is 0 Å². The lowest BCUT2D eigenvalue weighted by atomic mass is 10.2. The number of rotatable bonds is 4. The molecular formula is C15H19N5. The summed E-state index contributed by atoms with van der Waals surface area (Å²) in [5.41, 5.74) is 10.0. The molecule has 2 aromatic heterocycles. The van der Waals surface area contributed by atoms with Gasteiger partial charge in [-0.2, -0.15) is 5.10 Å². The Morgan fingerprint density at radius 3 is 2.80 bits per heavy atom. The molecule has 0 atom stereocenters. The molecule has 0 radical (unpaired) electrons. The topological polar surface area (TPSA) is 61.7 Å². The Balaban J connectivity index is 2.21. The maximum atomic E-state index is 5.71. The van der Waals surface area contributed by atoms with E-state index in [2.05, 4.69) is 34.8 Å². The van der Waals surface area contributed by atoms with Gasteiger partial charge in [-0.3, -0.25) is 4.68 Å². The van der Waals surface area contributed by atoms with Crippen LogP contribution in [0.25, 0.3) is 22.4 Å². The Morgan fingerprint density at radius 1 is 1.30 bits per heavy atom. The van der Waals surface area contributed by atoms with Crippen molar-refractivity contribution in [2.45, 2.75) is 26.4 Å². The van der Waals surface area contributed by atoms with E-state index in [0.717, 1.165) is 41.0 Å². The monoisotopic (exact) mass is 269 g/mol. The summed E-state index contributed by atoms with van der Waals surface area (Å²) < 4.78 is 4.06. The molecule has 0 spiro atoms. The maximum absolute atomic E-state index is 5.71. The molecular weight excluding hydrogens is 250 g/mol. The maximum Gasteiger partial charge on any atom is 0.144 e. The van der Waals surface area contributed by atoms with E-state index in [4.69, 9.17) is 10.7 Å². The SMILES string of the molecule is CCCn1c(-c2cnn(C)c2)nc2cc(CN)ccc21. The summed E-state index contributed by atoms with van der Waals surface area (Å²) in [4.78, 5) is 4.78. The molecule has 0 aliphatic rings. The molecule has 104 valence electrons. The number of fused-ring (bicyclic) bond motifs is 1. The molecule has 2 heterocycles. The number of hydrogen-bond acceptors (Lipinski definition) is 3. The van der Waals surface area contributed by atoms with Crippen LogP contribution in [-0.2, 0) is 20.1 Å². The molecule has 1 aromatic carbocycles. The van der Waals surface area contributed by atoms with Gasteiger partial charge in [0.15, 0.2) is 0 Å². The Morgan fingerprint density at radius 2 is 2.15 bits per heavy atom. The van der Waals surface area contributed by atoms with Crippen molar-refractivity contribution >= 4 is 11.0 Å². The van der Waals surface area contributed by atoms with Crippen molar-refractivity contribution in [2.24, 2.45) is 12.8 Å². The van der Waals surface area contributed by atoms with Crippen molar-refractivity contribution in [3.05, 3.63) is 36.2 Å². The Hall–Kier alpha value is -2.14. The number of nitrogens with two attached hydrogens (primary N) is 1. The Kier molecular flexibility index (Phi) is 3.28. The summed E-state index contributed by atoms with van der Waals surface area (Å²) in [7, 11) is 1.92. The van der Waals surface area contributed by atoms with Gasteiger partial charge in [0, 0.05) is 26.3 Å². The lowest BCUT2D eigenvalue weighted by Gasteiger charge is -2.06. The van der Waals surface area contributed by atoms with E-state index in [1.807, 2.05) is 19.4 Å². The molecule has 5 nitrogen and oxygen atoms in total. The van der Waals surface area contributed by atoms with E-state index in [-0.39, 0.29) is 0 Å². The number of imidazole rings is 1. The molecule has 0 fully saturated rings. The minimum absolute atomic E-state index is 0.540. The normalized spacial score (nSPS) is 11.3. The van der Waals surface area contributed by atoms with E-state index in [1.54, 1.807) is 4.68 Å². The van der Waals surface area contributed by atoms with Crippen molar-refractivity contribution in [3.8, 4) is 11.4 Å². The lowest BCUT2D eigenvalue weighted by molar-refractivity contribution is 0.704. The number of aryl methyl sites for hydroxylation is 2. The van der Waals surface area contributed by atoms with Gasteiger partial charge in [0.2, 0.25) is 0 Å². The summed E-state index contributed by atoms with van der Waals surface area (Å²) in [6, 6.07) is 6.25. The van der Waals surface area contributed by atoms with Gasteiger partial charge in [0.25, 0.3) is 0 Å². The first-order valence-corrected chi connectivity index (χ1v) is 6.91. The fraction of sp³-hybridized carbons (Fsp3) is 0.333. The van der Waals surface area contributed by atoms with Gasteiger partial charge < -0.3 is 10.3 Å². The molecule has 3 aromatic rings. The van der Waals surface area contributed by atoms with E-state index >= 15 is 0 Å². The second kappa shape index (κ2) is 5.09. The highest BCUT2D eigenvalue weighted by Gasteiger charge is 2.13. The molecule has 0 unspecified atom stereocenters. The zero-order chi connectivity index (χ0) is 14.1. The predicted molar refractivity (Wildman–Crippen MR) is 80.1 cm³/mol. The molecule has 3 rings (SSSR count). The van der Waals surface area contributed by atoms with Gasteiger partial charge in [-0.25, -0.2) is 4.98 Å². The average molecular weight is 269 g/mol. The van der Waals surface area contributed by atoms with Gasteiger partial charge in [-0.1, -0.05) is 13.0 Å². The third-order valence-corrected chi connectivity index (χ3v) is 3.46. The van der Waals surface area contributed by atoms with Crippen LogP contribution in [-0.4, -0.2) is 19.3 Å². The highest BCUT2D eigenvalue weighted by Crippen LogP contribution is 2.25. The minimum Gasteiger partial charge on any atom is -0.326 e. The second-order valence-electron chi connectivity index (χ2n) is 5.02. The van der Waals surface area contributed by atoms with Gasteiger partial charge in [0.1, 0.15) is 5.82 Å². The summed E-state index contributed by atoms with van der Waals surface area (Å²) in [6.45, 7) is 3.66. The first kappa shape index (κ1) is 12.9. The first-order chi connectivity index (χ1) is 9.72. The summed E-state index contributed by atoms with van der Waals surface area (Å²) in [6.07, 6.45) is 4.92. The lowest BCUT2D eigenvalue weighted by Crippen LogP contribution is -1.99. The zero-order valence-electron chi connectivity index (χ0n) is 11.9. The van der Waals surface area contributed by atoms with Crippen LogP contribution in [0.4, 0.5) is 0 Å². The average Bonchev–Trinajstić information content (AvgIpc) is 3.03. The minimum atomic E-state index is 0.540. The summed E-state index contributed by atoms with van der Waals surface area (Å²) in [5, 5.41) is 4.24. The van der Waals surface area contributed by atoms with Crippen LogP contribution < -0.4 is 5.73 Å². The second-order valence-corrected chi connectivity index (χ2v) is 5.02. The highest BCUT2D eigenvalue weighted by atomic mass is 15.2. The van der Waals surface area contributed by atoms with E-state index < -0.39 is 0 Å². The van der Waals surface area contributed by atoms with Crippen molar-refractivity contribution in [3.63, 3.8) is 0 Å². The zero-order valence-corrected chi connectivity index (χ0v) is 11.9. The van der Waals surface area contributed by atoms with Gasteiger partial charge in [-0.05, 0) is 24.1 Å². The third kappa shape index (κ3) is 2.10. The number of benzene rings is 1. The van der Waals surface area contributed by atoms with Crippen LogP contribution in [0.5, 0.6) is 0 Å². The molecule has 0 saturated carbocycles. The molecule has 0 bridgehead atoms. The molecule has 5 heteroatoms. The summed E-state index contributed by atoms with van der Waals surface area (Å²) >= 11 is 0. The van der Waals surface area contributed by atoms with Gasteiger partial charge >= 0.3 is 0 Å². The molecule has 2 N–H and O–H groups in total. The van der Waals surface area contributed by atoms with Crippen LogP contribution in [0.3, 0.4) is 0 Å². The van der Waals surface area contributed by atoms with Crippen LogP contribution >= 0.6 is 0 Å². The van der Waals surface area contributed by atoms with Crippen molar-refractivity contribution in [2.75, 3.05) is 0 Å². The predicted octanol–water partition coefficient (Wildman–Crippen LogP) is 2.31. The summed E-state index contributed by atoms with van der Waals surface area (Å²) in [5.74, 6) is 0.976. The van der Waals surface area contributed by atoms with E-state index in [0.29, 0.717) is 6.54 Å². The van der Waals surface area contributed by atoms with Crippen LogP contribution in [0.2, 0.25) is 0 Å². The standard InChI is InChI=1S/C15H19N5/c1-3-6-20-14-5-4-11(8-16)7-13(14)18-15(20)12-9-17-19(2)10-12/h4-5,7,9-10H,3,6,8,16H2,1-2H3. The molecule has 0 aliphatic heterocycles. The quantitative estimate of drug-likeness (QED) is 0.790. The van der Waals surface area contributed by atoms with Gasteiger partial charge in [0.05, 0.1) is 22.8 Å². The molecule has 20 heavy (non-hydrogen) atoms. The Bertz CT molecular complexity index is 738. The molecule has 0 amide bonds. The third-order valence-electron chi connectivity index (χ3n) is 3.46. The highest BCUT2D eigenvalue weighted by molar-refractivity contribution is 5.81. The van der Waals surface area contributed by atoms with Crippen molar-refractivity contribution < 1.29 is 0 Å². The first-order valence-electron chi connectivity index (χ1n) is 6.91. The Labute approximate surface area is 118 Å². The molecule has 0 saturated heterocycles. The fourth-order valence-corrected chi connectivity index (χ4v) is 2.51. The fourth-order valence-electron chi connectivity index (χ4n) is 2.51. The number of nitrogens with zero attached hydrogens (tertiary/aromatic N) is 4. The van der Waals surface area contributed by atoms with E-state index in [9.17, 15) is 0 Å². The van der Waals surface area contributed by atoms with Gasteiger partial charge in [-0.15, -0.1) is 0 Å². The number of hydrogen-bond donors (Lipinski definition) is 1. The smallest absolute Gasteiger partial charge is 0.144 e. The molecule has 0 aliphatic carbocycles. The van der Waals surface area contributed by atoms with Crippen LogP contribution in [0.15, 0.2) is 30.6 Å². The number of aromatic nitrogens is 4.